The van der Waals surface area contributed by atoms with Crippen LogP contribution in [-0.2, 0) is 11.2 Å². The first-order valence-electron chi connectivity index (χ1n) is 8.84. The molecule has 1 aliphatic carbocycles. The maximum absolute atomic E-state index is 12.5. The number of rotatable bonds is 4. The standard InChI is InChI=1S/C21H22INO5/c1-11(24)23-16-8-5-12-9-18(26-2)20(27-3)21(28-4)19(12)13-6-7-15(22)17(25)10-14(13)16/h6-7,9-10,16H,5,8H2,1-4H3,(H,23,24)/t16-/m0/s1. The Bertz CT molecular complexity index is 989. The first kappa shape index (κ1) is 20.4. The summed E-state index contributed by atoms with van der Waals surface area (Å²) in [5.41, 5.74) is 3.39. The molecule has 1 amide bonds. The molecule has 0 fully saturated rings. The molecule has 3 rings (SSSR count). The van der Waals surface area contributed by atoms with Crippen molar-refractivity contribution in [1.82, 2.24) is 5.32 Å². The molecule has 148 valence electrons. The van der Waals surface area contributed by atoms with E-state index in [9.17, 15) is 9.59 Å². The molecular weight excluding hydrogens is 473 g/mol. The average Bonchev–Trinajstić information content (AvgIpc) is 2.90. The number of ether oxygens (including phenoxy) is 3. The van der Waals surface area contributed by atoms with Crippen LogP contribution in [0.15, 0.2) is 29.1 Å². The van der Waals surface area contributed by atoms with Gasteiger partial charge in [-0.3, -0.25) is 9.59 Å². The molecule has 0 aliphatic heterocycles. The molecule has 1 aliphatic rings. The van der Waals surface area contributed by atoms with Gasteiger partial charge in [-0.15, -0.1) is 0 Å². The fourth-order valence-corrected chi connectivity index (χ4v) is 4.02. The topological polar surface area (TPSA) is 73.9 Å². The lowest BCUT2D eigenvalue weighted by molar-refractivity contribution is -0.119. The number of hydrogen-bond donors (Lipinski definition) is 1. The van der Waals surface area contributed by atoms with E-state index in [2.05, 4.69) is 5.32 Å². The van der Waals surface area contributed by atoms with Gasteiger partial charge in [0.05, 0.1) is 30.9 Å². The number of fused-ring (bicyclic) bond motifs is 3. The van der Waals surface area contributed by atoms with Crippen molar-refractivity contribution in [3.05, 3.63) is 49.2 Å². The lowest BCUT2D eigenvalue weighted by Gasteiger charge is -2.19. The van der Waals surface area contributed by atoms with Crippen LogP contribution < -0.4 is 25.0 Å². The molecule has 0 saturated carbocycles. The first-order valence-corrected chi connectivity index (χ1v) is 9.92. The number of benzene rings is 1. The normalized spacial score (nSPS) is 15.0. The Morgan fingerprint density at radius 2 is 1.82 bits per heavy atom. The maximum Gasteiger partial charge on any atom is 0.217 e. The first-order chi connectivity index (χ1) is 13.4. The molecule has 2 aromatic rings. The van der Waals surface area contributed by atoms with Crippen molar-refractivity contribution in [2.75, 3.05) is 21.3 Å². The predicted octanol–water partition coefficient (Wildman–Crippen LogP) is 3.47. The lowest BCUT2D eigenvalue weighted by Crippen LogP contribution is -2.26. The molecule has 0 saturated heterocycles. The van der Waals surface area contributed by atoms with Gasteiger partial charge < -0.3 is 19.5 Å². The quantitative estimate of drug-likeness (QED) is 0.658. The number of halogens is 1. The highest BCUT2D eigenvalue weighted by Crippen LogP contribution is 2.50. The Morgan fingerprint density at radius 3 is 2.43 bits per heavy atom. The number of nitrogens with one attached hydrogen (secondary N) is 1. The van der Waals surface area contributed by atoms with Gasteiger partial charge in [0.1, 0.15) is 0 Å². The zero-order chi connectivity index (χ0) is 20.4. The summed E-state index contributed by atoms with van der Waals surface area (Å²) >= 11 is 2.02. The molecule has 0 heterocycles. The van der Waals surface area contributed by atoms with Crippen molar-refractivity contribution in [2.24, 2.45) is 0 Å². The van der Waals surface area contributed by atoms with Gasteiger partial charge in [0.25, 0.3) is 0 Å². The second kappa shape index (κ2) is 8.38. The van der Waals surface area contributed by atoms with E-state index in [1.54, 1.807) is 33.5 Å². The predicted molar refractivity (Wildman–Crippen MR) is 115 cm³/mol. The summed E-state index contributed by atoms with van der Waals surface area (Å²) in [5.74, 6) is 1.49. The van der Waals surface area contributed by atoms with Crippen LogP contribution in [0.5, 0.6) is 17.2 Å². The van der Waals surface area contributed by atoms with Gasteiger partial charge in [-0.05, 0) is 70.3 Å². The minimum atomic E-state index is -0.280. The molecule has 1 atom stereocenters. The van der Waals surface area contributed by atoms with Crippen LogP contribution in [0.4, 0.5) is 0 Å². The number of amides is 1. The molecule has 1 N–H and O–H groups in total. The molecule has 28 heavy (non-hydrogen) atoms. The van der Waals surface area contributed by atoms with Crippen molar-refractivity contribution >= 4 is 28.5 Å². The molecular formula is C21H22INO5. The summed E-state index contributed by atoms with van der Waals surface area (Å²) < 4.78 is 17.4. The highest BCUT2D eigenvalue weighted by molar-refractivity contribution is 14.1. The van der Waals surface area contributed by atoms with Gasteiger partial charge in [-0.1, -0.05) is 6.07 Å². The summed E-state index contributed by atoms with van der Waals surface area (Å²) in [6.07, 6.45) is 1.33. The largest absolute Gasteiger partial charge is 0.493 e. The van der Waals surface area contributed by atoms with Crippen molar-refractivity contribution < 1.29 is 19.0 Å². The lowest BCUT2D eigenvalue weighted by atomic mass is 9.95. The molecule has 2 aromatic carbocycles. The summed E-state index contributed by atoms with van der Waals surface area (Å²) in [6.45, 7) is 1.48. The van der Waals surface area contributed by atoms with Crippen LogP contribution in [-0.4, -0.2) is 27.2 Å². The van der Waals surface area contributed by atoms with E-state index >= 15 is 0 Å². The second-order valence-corrected chi connectivity index (χ2v) is 7.69. The Labute approximate surface area is 177 Å². The third kappa shape index (κ3) is 3.67. The summed E-state index contributed by atoms with van der Waals surface area (Å²) in [4.78, 5) is 24.3. The van der Waals surface area contributed by atoms with Gasteiger partial charge in [-0.25, -0.2) is 0 Å². The van der Waals surface area contributed by atoms with E-state index < -0.39 is 0 Å². The van der Waals surface area contributed by atoms with Crippen LogP contribution in [0.1, 0.15) is 30.5 Å². The second-order valence-electron chi connectivity index (χ2n) is 6.53. The van der Waals surface area contributed by atoms with Crippen molar-refractivity contribution in [1.29, 1.82) is 0 Å². The molecule has 0 unspecified atom stereocenters. The molecule has 0 radical (unpaired) electrons. The summed E-state index contributed by atoms with van der Waals surface area (Å²) in [6, 6.07) is 6.97. The fraction of sp³-hybridized carbons (Fsp3) is 0.333. The van der Waals surface area contributed by atoms with Crippen LogP contribution in [0.2, 0.25) is 0 Å². The van der Waals surface area contributed by atoms with E-state index in [1.807, 2.05) is 34.7 Å². The third-order valence-electron chi connectivity index (χ3n) is 4.87. The third-order valence-corrected chi connectivity index (χ3v) is 5.76. The number of carbonyl (C=O) groups is 1. The molecule has 0 spiro atoms. The van der Waals surface area contributed by atoms with E-state index in [0.717, 1.165) is 22.3 Å². The Hall–Kier alpha value is -2.29. The van der Waals surface area contributed by atoms with Crippen LogP contribution in [0, 0.1) is 3.57 Å². The highest BCUT2D eigenvalue weighted by atomic mass is 127. The fourth-order valence-electron chi connectivity index (χ4n) is 3.69. The number of methoxy groups -OCH3 is 3. The summed E-state index contributed by atoms with van der Waals surface area (Å²) in [7, 11) is 4.73. The number of hydrogen-bond acceptors (Lipinski definition) is 5. The van der Waals surface area contributed by atoms with Gasteiger partial charge >= 0.3 is 0 Å². The van der Waals surface area contributed by atoms with Crippen LogP contribution in [0.3, 0.4) is 0 Å². The van der Waals surface area contributed by atoms with Crippen molar-refractivity contribution in [3.8, 4) is 28.4 Å². The molecule has 6 nitrogen and oxygen atoms in total. The maximum atomic E-state index is 12.5. The number of aryl methyl sites for hydroxylation is 1. The Morgan fingerprint density at radius 1 is 1.11 bits per heavy atom. The van der Waals surface area contributed by atoms with Gasteiger partial charge in [0.2, 0.25) is 11.7 Å². The van der Waals surface area contributed by atoms with Crippen molar-refractivity contribution in [2.45, 2.75) is 25.8 Å². The highest BCUT2D eigenvalue weighted by Gasteiger charge is 2.29. The zero-order valence-electron chi connectivity index (χ0n) is 16.2. The minimum absolute atomic E-state index is 0.0832. The monoisotopic (exact) mass is 495 g/mol. The van der Waals surface area contributed by atoms with E-state index in [0.29, 0.717) is 33.7 Å². The summed E-state index contributed by atoms with van der Waals surface area (Å²) in [5, 5.41) is 2.98. The van der Waals surface area contributed by atoms with Gasteiger partial charge in [-0.2, -0.15) is 0 Å². The zero-order valence-corrected chi connectivity index (χ0v) is 18.4. The van der Waals surface area contributed by atoms with Crippen LogP contribution >= 0.6 is 22.6 Å². The Balaban J connectivity index is 2.41. The van der Waals surface area contributed by atoms with E-state index in [1.165, 1.54) is 6.92 Å². The van der Waals surface area contributed by atoms with Crippen LogP contribution in [0.25, 0.3) is 11.1 Å². The molecule has 7 heteroatoms. The van der Waals surface area contributed by atoms with Gasteiger partial charge in [0, 0.05) is 12.5 Å². The molecule has 0 bridgehead atoms. The Kier molecular flexibility index (Phi) is 6.12. The van der Waals surface area contributed by atoms with Gasteiger partial charge in [0.15, 0.2) is 16.9 Å². The molecule has 0 aromatic heterocycles. The SMILES string of the molecule is COc1cc2c(c(OC)c1OC)-c1ccc(I)c(=O)cc1[C@@H](NC(C)=O)CC2. The number of carbonyl (C=O) groups excluding carboxylic acids is 1. The smallest absolute Gasteiger partial charge is 0.217 e. The van der Waals surface area contributed by atoms with E-state index in [-0.39, 0.29) is 17.4 Å². The van der Waals surface area contributed by atoms with E-state index in [4.69, 9.17) is 14.2 Å². The van der Waals surface area contributed by atoms with Crippen molar-refractivity contribution in [3.63, 3.8) is 0 Å². The minimum Gasteiger partial charge on any atom is -0.493 e. The average molecular weight is 495 g/mol.